The number of hydrogen-bond acceptors (Lipinski definition) is 3. The van der Waals surface area contributed by atoms with Gasteiger partial charge in [-0.25, -0.2) is 0 Å². The molecule has 0 aliphatic carbocycles. The van der Waals surface area contributed by atoms with Gasteiger partial charge in [-0.1, -0.05) is 26.0 Å². The lowest BCUT2D eigenvalue weighted by atomic mass is 10.0. The van der Waals surface area contributed by atoms with Crippen molar-refractivity contribution in [1.82, 2.24) is 4.90 Å². The highest BCUT2D eigenvalue weighted by Crippen LogP contribution is 2.21. The van der Waals surface area contributed by atoms with Crippen LogP contribution in [0.2, 0.25) is 0 Å². The molecule has 0 heterocycles. The van der Waals surface area contributed by atoms with Gasteiger partial charge in [0.25, 0.3) is 5.91 Å². The highest BCUT2D eigenvalue weighted by atomic mass is 35.5. The van der Waals surface area contributed by atoms with Crippen LogP contribution in [0, 0.1) is 5.92 Å². The molecule has 1 aromatic carbocycles. The van der Waals surface area contributed by atoms with E-state index < -0.39 is 0 Å². The van der Waals surface area contributed by atoms with Gasteiger partial charge in [0.1, 0.15) is 0 Å². The summed E-state index contributed by atoms with van der Waals surface area (Å²) in [6, 6.07) is 7.86. The van der Waals surface area contributed by atoms with Gasteiger partial charge < -0.3 is 10.6 Å². The maximum atomic E-state index is 12.4. The standard InChI is InChI=1S/C15H24N2OS.ClH/c1-11(2)13(16)9-10-17(3)15(18)12-7-5-6-8-14(12)19-4;/h5-8,11,13H,9-10,16H2,1-4H3;1H. The Bertz CT molecular complexity index is 426. The first kappa shape index (κ1) is 19.3. The number of hydrogen-bond donors (Lipinski definition) is 1. The largest absolute Gasteiger partial charge is 0.342 e. The Hall–Kier alpha value is -0.710. The second-order valence-electron chi connectivity index (χ2n) is 5.12. The summed E-state index contributed by atoms with van der Waals surface area (Å²) >= 11 is 1.60. The molecule has 114 valence electrons. The lowest BCUT2D eigenvalue weighted by molar-refractivity contribution is 0.0786. The van der Waals surface area contributed by atoms with Crippen molar-refractivity contribution in [3.63, 3.8) is 0 Å². The van der Waals surface area contributed by atoms with Gasteiger partial charge in [-0.2, -0.15) is 0 Å². The number of amides is 1. The van der Waals surface area contributed by atoms with Crippen LogP contribution in [-0.2, 0) is 0 Å². The number of nitrogens with two attached hydrogens (primary N) is 1. The van der Waals surface area contributed by atoms with Gasteiger partial charge in [0.05, 0.1) is 5.56 Å². The highest BCUT2D eigenvalue weighted by Gasteiger charge is 2.16. The molecular weight excluding hydrogens is 292 g/mol. The van der Waals surface area contributed by atoms with Crippen LogP contribution < -0.4 is 5.73 Å². The normalized spacial score (nSPS) is 11.9. The van der Waals surface area contributed by atoms with E-state index in [0.29, 0.717) is 12.5 Å². The van der Waals surface area contributed by atoms with Crippen LogP contribution in [0.15, 0.2) is 29.2 Å². The monoisotopic (exact) mass is 316 g/mol. The molecule has 0 fully saturated rings. The Morgan fingerprint density at radius 2 is 1.95 bits per heavy atom. The number of benzene rings is 1. The van der Waals surface area contributed by atoms with E-state index in [0.717, 1.165) is 16.9 Å². The number of thioether (sulfide) groups is 1. The molecule has 0 aliphatic heterocycles. The molecule has 1 atom stereocenters. The van der Waals surface area contributed by atoms with Crippen LogP contribution in [-0.4, -0.2) is 36.7 Å². The summed E-state index contributed by atoms with van der Waals surface area (Å²) < 4.78 is 0. The van der Waals surface area contributed by atoms with Crippen LogP contribution in [0.1, 0.15) is 30.6 Å². The van der Waals surface area contributed by atoms with Crippen molar-refractivity contribution in [2.24, 2.45) is 11.7 Å². The van der Waals surface area contributed by atoms with E-state index >= 15 is 0 Å². The summed E-state index contributed by atoms with van der Waals surface area (Å²) in [5.74, 6) is 0.517. The molecule has 0 radical (unpaired) electrons. The van der Waals surface area contributed by atoms with Crippen LogP contribution >= 0.6 is 24.2 Å². The number of nitrogens with zero attached hydrogens (tertiary/aromatic N) is 1. The van der Waals surface area contributed by atoms with Gasteiger partial charge in [0.15, 0.2) is 0 Å². The SMILES string of the molecule is CSc1ccccc1C(=O)N(C)CCC(N)C(C)C.Cl. The summed E-state index contributed by atoms with van der Waals surface area (Å²) in [7, 11) is 1.84. The Balaban J connectivity index is 0.00000361. The summed E-state index contributed by atoms with van der Waals surface area (Å²) in [6.45, 7) is 4.91. The minimum atomic E-state index is 0. The van der Waals surface area contributed by atoms with Gasteiger partial charge in [0.2, 0.25) is 0 Å². The van der Waals surface area contributed by atoms with Crippen molar-refractivity contribution in [2.75, 3.05) is 19.8 Å². The van der Waals surface area contributed by atoms with Crippen molar-refractivity contribution in [3.05, 3.63) is 29.8 Å². The zero-order valence-electron chi connectivity index (χ0n) is 12.6. The molecule has 2 N–H and O–H groups in total. The number of carbonyl (C=O) groups is 1. The second kappa shape index (κ2) is 9.27. The zero-order chi connectivity index (χ0) is 14.4. The predicted molar refractivity (Wildman–Crippen MR) is 89.9 cm³/mol. The second-order valence-corrected chi connectivity index (χ2v) is 5.97. The van der Waals surface area contributed by atoms with Crippen molar-refractivity contribution in [2.45, 2.75) is 31.2 Å². The van der Waals surface area contributed by atoms with Crippen LogP contribution in [0.4, 0.5) is 0 Å². The van der Waals surface area contributed by atoms with E-state index in [1.54, 1.807) is 16.7 Å². The molecule has 3 nitrogen and oxygen atoms in total. The van der Waals surface area contributed by atoms with Crippen molar-refractivity contribution < 1.29 is 4.79 Å². The Labute approximate surface area is 132 Å². The van der Waals surface area contributed by atoms with Crippen molar-refractivity contribution in [1.29, 1.82) is 0 Å². The molecule has 0 aromatic heterocycles. The first-order valence-electron chi connectivity index (χ1n) is 6.61. The van der Waals surface area contributed by atoms with Gasteiger partial charge in [-0.3, -0.25) is 4.79 Å². The summed E-state index contributed by atoms with van der Waals surface area (Å²) in [4.78, 5) is 15.2. The highest BCUT2D eigenvalue weighted by molar-refractivity contribution is 7.98. The third-order valence-corrected chi connectivity index (χ3v) is 4.13. The quantitative estimate of drug-likeness (QED) is 0.819. The van der Waals surface area contributed by atoms with E-state index in [1.807, 2.05) is 37.6 Å². The van der Waals surface area contributed by atoms with Crippen molar-refractivity contribution >= 4 is 30.1 Å². The molecule has 20 heavy (non-hydrogen) atoms. The summed E-state index contributed by atoms with van der Waals surface area (Å²) in [6.07, 6.45) is 2.82. The number of halogens is 1. The molecule has 1 amide bonds. The van der Waals surface area contributed by atoms with Crippen molar-refractivity contribution in [3.8, 4) is 0 Å². The fourth-order valence-electron chi connectivity index (χ4n) is 1.80. The fraction of sp³-hybridized carbons (Fsp3) is 0.533. The molecule has 0 spiro atoms. The maximum absolute atomic E-state index is 12.4. The number of carbonyl (C=O) groups excluding carboxylic acids is 1. The third kappa shape index (κ3) is 5.35. The lowest BCUT2D eigenvalue weighted by Crippen LogP contribution is -2.34. The molecule has 0 aliphatic rings. The van der Waals surface area contributed by atoms with E-state index in [2.05, 4.69) is 13.8 Å². The fourth-order valence-corrected chi connectivity index (χ4v) is 2.39. The maximum Gasteiger partial charge on any atom is 0.254 e. The Morgan fingerprint density at radius 1 is 1.35 bits per heavy atom. The molecule has 5 heteroatoms. The van der Waals surface area contributed by atoms with Gasteiger partial charge >= 0.3 is 0 Å². The van der Waals surface area contributed by atoms with Gasteiger partial charge in [-0.15, -0.1) is 24.2 Å². The average molecular weight is 317 g/mol. The molecule has 0 saturated carbocycles. The van der Waals surface area contributed by atoms with E-state index in [4.69, 9.17) is 5.73 Å². The Morgan fingerprint density at radius 3 is 2.50 bits per heavy atom. The summed E-state index contributed by atoms with van der Waals surface area (Å²) in [5.41, 5.74) is 6.79. The van der Waals surface area contributed by atoms with Crippen LogP contribution in [0.3, 0.4) is 0 Å². The predicted octanol–water partition coefficient (Wildman–Crippen LogP) is 3.28. The molecule has 1 aromatic rings. The topological polar surface area (TPSA) is 46.3 Å². The number of rotatable bonds is 6. The zero-order valence-corrected chi connectivity index (χ0v) is 14.3. The van der Waals surface area contributed by atoms with Crippen LogP contribution in [0.5, 0.6) is 0 Å². The first-order chi connectivity index (χ1) is 8.97. The lowest BCUT2D eigenvalue weighted by Gasteiger charge is -2.22. The minimum Gasteiger partial charge on any atom is -0.342 e. The van der Waals surface area contributed by atoms with E-state index in [1.165, 1.54) is 0 Å². The summed E-state index contributed by atoms with van der Waals surface area (Å²) in [5, 5.41) is 0. The molecule has 1 rings (SSSR count). The van der Waals surface area contributed by atoms with E-state index in [9.17, 15) is 4.79 Å². The molecule has 1 unspecified atom stereocenters. The van der Waals surface area contributed by atoms with Crippen LogP contribution in [0.25, 0.3) is 0 Å². The third-order valence-electron chi connectivity index (χ3n) is 3.34. The van der Waals surface area contributed by atoms with Gasteiger partial charge in [0, 0.05) is 24.5 Å². The first-order valence-corrected chi connectivity index (χ1v) is 7.84. The average Bonchev–Trinajstić information content (AvgIpc) is 2.43. The van der Waals surface area contributed by atoms with E-state index in [-0.39, 0.29) is 24.4 Å². The molecule has 0 bridgehead atoms. The molecule has 0 saturated heterocycles. The van der Waals surface area contributed by atoms with Gasteiger partial charge in [-0.05, 0) is 30.7 Å². The minimum absolute atomic E-state index is 0. The smallest absolute Gasteiger partial charge is 0.254 e. The Kier molecular flexibility index (Phi) is 8.94. The molecular formula is C15H25ClN2OS.